The molecular weight excluding hydrogens is 404 g/mol. The van der Waals surface area contributed by atoms with Crippen molar-refractivity contribution in [2.45, 2.75) is 49.9 Å². The normalized spacial score (nSPS) is 24.3. The summed E-state index contributed by atoms with van der Waals surface area (Å²) in [6.45, 7) is 7.81. The number of rotatable bonds is 5. The molecule has 4 rings (SSSR count). The van der Waals surface area contributed by atoms with E-state index < -0.39 is 34.1 Å². The molecule has 2 aromatic rings. The third kappa shape index (κ3) is 3.10. The lowest BCUT2D eigenvalue weighted by molar-refractivity contribution is -0.159. The van der Waals surface area contributed by atoms with Gasteiger partial charge in [0.15, 0.2) is 0 Å². The van der Waals surface area contributed by atoms with Crippen LogP contribution in [0.4, 0.5) is 0 Å². The second-order valence-corrected chi connectivity index (χ2v) is 9.92. The van der Waals surface area contributed by atoms with E-state index >= 15 is 0 Å². The third-order valence-corrected chi connectivity index (χ3v) is 7.20. The number of β-lactam (4-membered cyclic amide) rings is 1. The summed E-state index contributed by atoms with van der Waals surface area (Å²) in [5, 5.41) is 13.7. The van der Waals surface area contributed by atoms with E-state index in [0.29, 0.717) is 17.9 Å². The first-order valence-corrected chi connectivity index (χ1v) is 10.7. The fourth-order valence-electron chi connectivity index (χ4n) is 4.28. The van der Waals surface area contributed by atoms with Crippen molar-refractivity contribution in [3.8, 4) is 5.75 Å². The molecule has 0 aliphatic carbocycles. The molecule has 2 saturated heterocycles. The summed E-state index contributed by atoms with van der Waals surface area (Å²) in [6.07, 6.45) is 0. The van der Waals surface area contributed by atoms with Crippen LogP contribution in [0.2, 0.25) is 0 Å². The van der Waals surface area contributed by atoms with E-state index in [-0.39, 0.29) is 5.91 Å². The second kappa shape index (κ2) is 7.19. The maximum absolute atomic E-state index is 13.3. The van der Waals surface area contributed by atoms with Crippen LogP contribution in [-0.4, -0.2) is 56.6 Å². The third-order valence-electron chi connectivity index (χ3n) is 5.63. The molecule has 2 fully saturated rings. The first-order chi connectivity index (χ1) is 14.2. The van der Waals surface area contributed by atoms with E-state index in [0.717, 1.165) is 16.3 Å². The minimum Gasteiger partial charge on any atom is -0.493 e. The number of aliphatic carboxylic acids is 1. The van der Waals surface area contributed by atoms with Crippen molar-refractivity contribution in [3.05, 3.63) is 41.5 Å². The highest BCUT2D eigenvalue weighted by atomic mass is 32.2. The lowest BCUT2D eigenvalue weighted by atomic mass is 9.95. The minimum absolute atomic E-state index is 0.367. The first-order valence-electron chi connectivity index (χ1n) is 9.85. The van der Waals surface area contributed by atoms with Crippen molar-refractivity contribution >= 4 is 40.3 Å². The van der Waals surface area contributed by atoms with Crippen LogP contribution in [-0.2, 0) is 9.59 Å². The van der Waals surface area contributed by atoms with Crippen molar-refractivity contribution in [2.24, 2.45) is 0 Å². The second-order valence-electron chi connectivity index (χ2n) is 8.15. The molecule has 30 heavy (non-hydrogen) atoms. The Kier molecular flexibility index (Phi) is 4.92. The number of aryl methyl sites for hydroxylation is 1. The molecule has 2 heterocycles. The number of carbonyl (C=O) groups excluding carboxylic acids is 2. The van der Waals surface area contributed by atoms with Crippen LogP contribution in [0, 0.1) is 6.92 Å². The van der Waals surface area contributed by atoms with Gasteiger partial charge in [0.25, 0.3) is 5.91 Å². The van der Waals surface area contributed by atoms with Crippen molar-refractivity contribution in [2.75, 3.05) is 6.61 Å². The van der Waals surface area contributed by atoms with Crippen LogP contribution in [0.1, 0.15) is 36.7 Å². The SMILES string of the molecule is CCOc1ccc2ccc(C)cc2c1C(=O)N[C@@H]1C(=O)N2[C@@H]1SC(C)(C)[C@@H]2C(=O)O. The molecule has 0 saturated carbocycles. The Hall–Kier alpha value is -2.74. The number of carbonyl (C=O) groups is 3. The lowest BCUT2D eigenvalue weighted by Crippen LogP contribution is -2.70. The van der Waals surface area contributed by atoms with Crippen molar-refractivity contribution in [1.29, 1.82) is 0 Å². The van der Waals surface area contributed by atoms with Gasteiger partial charge >= 0.3 is 5.97 Å². The Labute approximate surface area is 178 Å². The van der Waals surface area contributed by atoms with Crippen LogP contribution < -0.4 is 10.1 Å². The number of hydrogen-bond acceptors (Lipinski definition) is 5. The van der Waals surface area contributed by atoms with Crippen LogP contribution in [0.25, 0.3) is 10.8 Å². The van der Waals surface area contributed by atoms with Gasteiger partial charge in [-0.1, -0.05) is 29.8 Å². The van der Waals surface area contributed by atoms with Gasteiger partial charge < -0.3 is 20.1 Å². The number of nitrogens with one attached hydrogen (secondary N) is 1. The molecule has 158 valence electrons. The largest absolute Gasteiger partial charge is 0.493 e. The van der Waals surface area contributed by atoms with Crippen LogP contribution in [0.3, 0.4) is 0 Å². The van der Waals surface area contributed by atoms with E-state index in [1.54, 1.807) is 6.07 Å². The fourth-order valence-corrected chi connectivity index (χ4v) is 5.91. The standard InChI is InChI=1S/C22H24N2O5S/c1-5-29-14-9-8-12-7-6-11(2)10-13(12)15(14)18(25)23-16-19(26)24-17(21(27)28)22(3,4)30-20(16)24/h6-10,16-17,20H,5H2,1-4H3,(H,23,25)(H,27,28)/t16-,17+,20-/m1/s1. The molecule has 2 aromatic carbocycles. The molecular formula is C22H24N2O5S. The number of benzene rings is 2. The molecule has 0 unspecified atom stereocenters. The molecule has 3 atom stereocenters. The molecule has 0 spiro atoms. The summed E-state index contributed by atoms with van der Waals surface area (Å²) < 4.78 is 5.06. The molecule has 0 bridgehead atoms. The van der Waals surface area contributed by atoms with Crippen molar-refractivity contribution in [3.63, 3.8) is 0 Å². The van der Waals surface area contributed by atoms with Gasteiger partial charge in [0.2, 0.25) is 5.91 Å². The van der Waals surface area contributed by atoms with Crippen LogP contribution in [0.5, 0.6) is 5.75 Å². The van der Waals surface area contributed by atoms with Gasteiger partial charge in [-0.3, -0.25) is 9.59 Å². The summed E-state index contributed by atoms with van der Waals surface area (Å²) >= 11 is 1.40. The zero-order chi connectivity index (χ0) is 21.8. The van der Waals surface area contributed by atoms with Gasteiger partial charge in [0.05, 0.1) is 12.2 Å². The molecule has 2 N–H and O–H groups in total. The molecule has 2 aliphatic heterocycles. The Balaban J connectivity index is 1.66. The maximum atomic E-state index is 13.3. The smallest absolute Gasteiger partial charge is 0.327 e. The first kappa shape index (κ1) is 20.5. The average Bonchev–Trinajstić information content (AvgIpc) is 2.94. The van der Waals surface area contributed by atoms with Gasteiger partial charge in [-0.25, -0.2) is 4.79 Å². The van der Waals surface area contributed by atoms with Crippen molar-refractivity contribution < 1.29 is 24.2 Å². The number of fused-ring (bicyclic) bond motifs is 2. The van der Waals surface area contributed by atoms with Crippen molar-refractivity contribution in [1.82, 2.24) is 10.2 Å². The zero-order valence-corrected chi connectivity index (χ0v) is 18.1. The highest BCUT2D eigenvalue weighted by Crippen LogP contribution is 2.50. The summed E-state index contributed by atoms with van der Waals surface area (Å²) in [7, 11) is 0. The zero-order valence-electron chi connectivity index (χ0n) is 17.3. The average molecular weight is 429 g/mol. The Morgan fingerprint density at radius 1 is 1.27 bits per heavy atom. The highest BCUT2D eigenvalue weighted by molar-refractivity contribution is 8.01. The molecule has 0 radical (unpaired) electrons. The number of carboxylic acids is 1. The Morgan fingerprint density at radius 3 is 2.63 bits per heavy atom. The molecule has 7 nitrogen and oxygen atoms in total. The number of carboxylic acid groups (broad SMARTS) is 1. The number of nitrogens with zero attached hydrogens (tertiary/aromatic N) is 1. The van der Waals surface area contributed by atoms with Crippen LogP contribution in [0.15, 0.2) is 30.3 Å². The monoisotopic (exact) mass is 428 g/mol. The fraction of sp³-hybridized carbons (Fsp3) is 0.409. The maximum Gasteiger partial charge on any atom is 0.327 e. The highest BCUT2D eigenvalue weighted by Gasteiger charge is 2.64. The van der Waals surface area contributed by atoms with E-state index in [1.807, 2.05) is 52.0 Å². The number of amides is 2. The Morgan fingerprint density at radius 2 is 1.97 bits per heavy atom. The quantitative estimate of drug-likeness (QED) is 0.711. The summed E-state index contributed by atoms with van der Waals surface area (Å²) in [6, 6.07) is 7.84. The van der Waals surface area contributed by atoms with Gasteiger partial charge in [-0.2, -0.15) is 0 Å². The lowest BCUT2D eigenvalue weighted by Gasteiger charge is -2.43. The Bertz CT molecular complexity index is 1070. The predicted molar refractivity (Wildman–Crippen MR) is 115 cm³/mol. The molecule has 8 heteroatoms. The summed E-state index contributed by atoms with van der Waals surface area (Å²) in [5.41, 5.74) is 1.40. The minimum atomic E-state index is -1.03. The van der Waals surface area contributed by atoms with E-state index in [4.69, 9.17) is 4.74 Å². The summed E-state index contributed by atoms with van der Waals surface area (Å²) in [5.74, 6) is -1.34. The summed E-state index contributed by atoms with van der Waals surface area (Å²) in [4.78, 5) is 39.1. The van der Waals surface area contributed by atoms with E-state index in [1.165, 1.54) is 16.7 Å². The van der Waals surface area contributed by atoms with E-state index in [9.17, 15) is 19.5 Å². The molecule has 0 aromatic heterocycles. The van der Waals surface area contributed by atoms with Gasteiger partial charge in [0, 0.05) is 4.75 Å². The van der Waals surface area contributed by atoms with Crippen LogP contribution >= 0.6 is 11.8 Å². The molecule has 2 amide bonds. The number of hydrogen-bond donors (Lipinski definition) is 2. The van der Waals surface area contributed by atoms with Gasteiger partial charge in [-0.15, -0.1) is 11.8 Å². The van der Waals surface area contributed by atoms with Gasteiger partial charge in [-0.05, 0) is 44.5 Å². The van der Waals surface area contributed by atoms with E-state index in [2.05, 4.69) is 5.32 Å². The van der Waals surface area contributed by atoms with Gasteiger partial charge in [0.1, 0.15) is 23.2 Å². The number of ether oxygens (including phenoxy) is 1. The molecule has 2 aliphatic rings. The topological polar surface area (TPSA) is 95.9 Å². The predicted octanol–water partition coefficient (Wildman–Crippen LogP) is 2.79. The number of thioether (sulfide) groups is 1.